The van der Waals surface area contributed by atoms with Gasteiger partial charge in [-0.2, -0.15) is 5.26 Å². The van der Waals surface area contributed by atoms with E-state index in [2.05, 4.69) is 0 Å². The molecule has 7 heteroatoms. The number of esters is 1. The highest BCUT2D eigenvalue weighted by Gasteiger charge is 2.26. The van der Waals surface area contributed by atoms with Gasteiger partial charge in [0, 0.05) is 12.2 Å². The minimum atomic E-state index is -0.568. The third kappa shape index (κ3) is 4.62. The number of carbonyl (C=O) groups excluding carboxylic acids is 2. The fourth-order valence-electron chi connectivity index (χ4n) is 3.77. The van der Waals surface area contributed by atoms with Gasteiger partial charge in [-0.05, 0) is 60.0 Å². The van der Waals surface area contributed by atoms with Crippen LogP contribution >= 0.6 is 0 Å². The first-order chi connectivity index (χ1) is 16.5. The number of para-hydroxylation sites is 1. The lowest BCUT2D eigenvalue weighted by molar-refractivity contribution is -0.114. The van der Waals surface area contributed by atoms with Crippen LogP contribution in [-0.2, 0) is 11.2 Å². The Morgan fingerprint density at radius 1 is 0.971 bits per heavy atom. The van der Waals surface area contributed by atoms with Crippen molar-refractivity contribution in [2.45, 2.75) is 6.42 Å². The summed E-state index contributed by atoms with van der Waals surface area (Å²) in [5.74, 6) is 0.115. The summed E-state index contributed by atoms with van der Waals surface area (Å²) in [6.45, 7) is 0.527. The van der Waals surface area contributed by atoms with Crippen LogP contribution in [0.25, 0.3) is 6.08 Å². The van der Waals surface area contributed by atoms with Gasteiger partial charge in [-0.1, -0.05) is 30.3 Å². The maximum Gasteiger partial charge on any atom is 0.343 e. The molecule has 4 rings (SSSR count). The van der Waals surface area contributed by atoms with Gasteiger partial charge in [0.2, 0.25) is 0 Å². The summed E-state index contributed by atoms with van der Waals surface area (Å²) >= 11 is 0. The van der Waals surface area contributed by atoms with E-state index in [4.69, 9.17) is 14.2 Å². The molecule has 0 fully saturated rings. The largest absolute Gasteiger partial charge is 0.497 e. The van der Waals surface area contributed by atoms with E-state index < -0.39 is 5.97 Å². The normalized spacial score (nSPS) is 12.5. The Bertz CT molecular complexity index is 1320. The zero-order valence-corrected chi connectivity index (χ0v) is 18.8. The maximum absolute atomic E-state index is 13.0. The molecule has 0 spiro atoms. The molecule has 0 aromatic heterocycles. The van der Waals surface area contributed by atoms with Crippen LogP contribution in [0.15, 0.2) is 72.3 Å². The van der Waals surface area contributed by atoms with E-state index in [-0.39, 0.29) is 17.2 Å². The lowest BCUT2D eigenvalue weighted by Gasteiger charge is -2.16. The molecule has 0 atom stereocenters. The zero-order valence-electron chi connectivity index (χ0n) is 18.8. The fourth-order valence-corrected chi connectivity index (χ4v) is 3.77. The highest BCUT2D eigenvalue weighted by atomic mass is 16.6. The molecular weight excluding hydrogens is 432 g/mol. The van der Waals surface area contributed by atoms with Gasteiger partial charge in [-0.15, -0.1) is 0 Å². The molecule has 1 aliphatic rings. The Morgan fingerprint density at radius 2 is 1.79 bits per heavy atom. The third-order valence-electron chi connectivity index (χ3n) is 5.49. The van der Waals surface area contributed by atoms with Crippen LogP contribution in [0.1, 0.15) is 21.5 Å². The highest BCUT2D eigenvalue weighted by Crippen LogP contribution is 2.31. The van der Waals surface area contributed by atoms with E-state index in [1.54, 1.807) is 47.4 Å². The molecule has 34 heavy (non-hydrogen) atoms. The van der Waals surface area contributed by atoms with Crippen molar-refractivity contribution in [3.63, 3.8) is 0 Å². The minimum Gasteiger partial charge on any atom is -0.497 e. The number of nitriles is 1. The first-order valence-corrected chi connectivity index (χ1v) is 10.6. The molecule has 1 aliphatic heterocycles. The molecule has 170 valence electrons. The average Bonchev–Trinajstić information content (AvgIpc) is 3.31. The topological polar surface area (TPSA) is 88.9 Å². The molecule has 7 nitrogen and oxygen atoms in total. The standard InChI is InChI=1S/C27H22N2O5/c1-32-22-8-5-7-20(16-22)27(31)34-24-11-10-18(15-25(24)33-2)14-21(17-28)26(30)29-13-12-19-6-3-4-9-23(19)29/h3-11,14-16H,12-13H2,1-2H3. The fraction of sp³-hybridized carbons (Fsp3) is 0.148. The Balaban J connectivity index is 1.56. The van der Waals surface area contributed by atoms with Crippen molar-refractivity contribution in [2.24, 2.45) is 0 Å². The lowest BCUT2D eigenvalue weighted by atomic mass is 10.1. The SMILES string of the molecule is COc1cccc(C(=O)Oc2ccc(C=C(C#N)C(=O)N3CCc4ccccc43)cc2OC)c1. The van der Waals surface area contributed by atoms with Crippen molar-refractivity contribution in [3.8, 4) is 23.3 Å². The molecule has 3 aromatic rings. The number of nitrogens with zero attached hydrogens (tertiary/aromatic N) is 2. The van der Waals surface area contributed by atoms with Crippen LogP contribution in [0.2, 0.25) is 0 Å². The Kier molecular flexibility index (Phi) is 6.60. The van der Waals surface area contributed by atoms with Crippen molar-refractivity contribution >= 4 is 23.6 Å². The number of benzene rings is 3. The first kappa shape index (κ1) is 22.6. The van der Waals surface area contributed by atoms with Gasteiger partial charge < -0.3 is 19.1 Å². The van der Waals surface area contributed by atoms with Crippen LogP contribution in [-0.4, -0.2) is 32.6 Å². The number of hydrogen-bond donors (Lipinski definition) is 0. The van der Waals surface area contributed by atoms with E-state index in [0.717, 1.165) is 17.7 Å². The summed E-state index contributed by atoms with van der Waals surface area (Å²) in [6, 6.07) is 21.1. The Labute approximate surface area is 197 Å². The van der Waals surface area contributed by atoms with Crippen LogP contribution in [0, 0.1) is 11.3 Å². The van der Waals surface area contributed by atoms with Gasteiger partial charge in [-0.3, -0.25) is 4.79 Å². The van der Waals surface area contributed by atoms with Crippen molar-refractivity contribution in [1.29, 1.82) is 5.26 Å². The second kappa shape index (κ2) is 9.92. The Hall–Kier alpha value is -4.57. The molecule has 0 radical (unpaired) electrons. The molecule has 3 aromatic carbocycles. The molecule has 0 unspecified atom stereocenters. The third-order valence-corrected chi connectivity index (χ3v) is 5.49. The molecule has 1 heterocycles. The minimum absolute atomic E-state index is 0.000110. The van der Waals surface area contributed by atoms with Crippen molar-refractivity contribution in [2.75, 3.05) is 25.7 Å². The highest BCUT2D eigenvalue weighted by molar-refractivity contribution is 6.12. The molecule has 0 saturated carbocycles. The monoisotopic (exact) mass is 454 g/mol. The Morgan fingerprint density at radius 3 is 2.56 bits per heavy atom. The molecule has 0 N–H and O–H groups in total. The predicted octanol–water partition coefficient (Wildman–Crippen LogP) is 4.42. The van der Waals surface area contributed by atoms with E-state index in [1.165, 1.54) is 20.3 Å². The first-order valence-electron chi connectivity index (χ1n) is 10.6. The number of amides is 1. The number of rotatable bonds is 6. The molecule has 1 amide bonds. The lowest BCUT2D eigenvalue weighted by Crippen LogP contribution is -2.29. The van der Waals surface area contributed by atoms with Gasteiger partial charge in [0.05, 0.1) is 19.8 Å². The van der Waals surface area contributed by atoms with E-state index in [9.17, 15) is 14.9 Å². The van der Waals surface area contributed by atoms with E-state index in [0.29, 0.717) is 29.2 Å². The van der Waals surface area contributed by atoms with Gasteiger partial charge >= 0.3 is 5.97 Å². The average molecular weight is 454 g/mol. The van der Waals surface area contributed by atoms with Gasteiger partial charge in [0.1, 0.15) is 17.4 Å². The number of methoxy groups -OCH3 is 2. The number of hydrogen-bond acceptors (Lipinski definition) is 6. The summed E-state index contributed by atoms with van der Waals surface area (Å²) in [7, 11) is 2.96. The summed E-state index contributed by atoms with van der Waals surface area (Å²) in [4.78, 5) is 27.2. The van der Waals surface area contributed by atoms with Crippen molar-refractivity contribution in [3.05, 3.63) is 89.0 Å². The maximum atomic E-state index is 13.0. The number of ether oxygens (including phenoxy) is 3. The summed E-state index contributed by atoms with van der Waals surface area (Å²) in [5, 5.41) is 9.66. The number of fused-ring (bicyclic) bond motifs is 1. The predicted molar refractivity (Wildman–Crippen MR) is 127 cm³/mol. The van der Waals surface area contributed by atoms with Gasteiger partial charge in [0.25, 0.3) is 5.91 Å². The van der Waals surface area contributed by atoms with Gasteiger partial charge in [0.15, 0.2) is 11.5 Å². The van der Waals surface area contributed by atoms with Crippen LogP contribution < -0.4 is 19.1 Å². The van der Waals surface area contributed by atoms with E-state index >= 15 is 0 Å². The summed E-state index contributed by atoms with van der Waals surface area (Å²) < 4.78 is 16.0. The molecular formula is C27H22N2O5. The quantitative estimate of drug-likeness (QED) is 0.237. The second-order valence-corrected chi connectivity index (χ2v) is 7.54. The van der Waals surface area contributed by atoms with E-state index in [1.807, 2.05) is 30.3 Å². The molecule has 0 bridgehead atoms. The summed E-state index contributed by atoms with van der Waals surface area (Å²) in [6.07, 6.45) is 2.25. The molecule has 0 aliphatic carbocycles. The zero-order chi connectivity index (χ0) is 24.1. The van der Waals surface area contributed by atoms with Crippen LogP contribution in [0.4, 0.5) is 5.69 Å². The van der Waals surface area contributed by atoms with Crippen LogP contribution in [0.3, 0.4) is 0 Å². The molecule has 0 saturated heterocycles. The van der Waals surface area contributed by atoms with Crippen molar-refractivity contribution in [1.82, 2.24) is 0 Å². The number of anilines is 1. The van der Waals surface area contributed by atoms with Gasteiger partial charge in [-0.25, -0.2) is 4.79 Å². The number of carbonyl (C=O) groups is 2. The summed E-state index contributed by atoms with van der Waals surface area (Å²) in [5.41, 5.74) is 2.80. The second-order valence-electron chi connectivity index (χ2n) is 7.54. The van der Waals surface area contributed by atoms with Crippen LogP contribution in [0.5, 0.6) is 17.2 Å². The van der Waals surface area contributed by atoms with Crippen molar-refractivity contribution < 1.29 is 23.8 Å². The smallest absolute Gasteiger partial charge is 0.343 e.